The third-order valence-electron chi connectivity index (χ3n) is 4.79. The van der Waals surface area contributed by atoms with Crippen molar-refractivity contribution in [2.45, 2.75) is 41.7 Å². The zero-order valence-corrected chi connectivity index (χ0v) is 17.8. The number of carboxylic acids is 1. The minimum atomic E-state index is -4.31. The zero-order valence-electron chi connectivity index (χ0n) is 16.1. The van der Waals surface area contributed by atoms with Gasteiger partial charge in [-0.15, -0.1) is 11.3 Å². The number of nitrogens with zero attached hydrogens (tertiary/aromatic N) is 1. The molecule has 31 heavy (non-hydrogen) atoms. The third kappa shape index (κ3) is 4.49. The molecule has 0 spiro atoms. The Kier molecular flexibility index (Phi) is 6.51. The Balaban J connectivity index is 1.94. The summed E-state index contributed by atoms with van der Waals surface area (Å²) in [6.45, 7) is 1.51. The number of amides is 1. The number of methoxy groups -OCH3 is 1. The molecule has 1 aliphatic heterocycles. The Morgan fingerprint density at radius 3 is 2.65 bits per heavy atom. The van der Waals surface area contributed by atoms with E-state index in [1.165, 1.54) is 31.1 Å². The number of carbonyl (C=O) groups excluding carboxylic acids is 1. The zero-order chi connectivity index (χ0) is 23.1. The summed E-state index contributed by atoms with van der Waals surface area (Å²) in [5.74, 6) is -2.52. The van der Waals surface area contributed by atoms with Gasteiger partial charge >= 0.3 is 17.6 Å². The number of fused-ring (bicyclic) bond motifs is 1. The maximum absolute atomic E-state index is 14.4. The molecule has 0 radical (unpaired) electrons. The molecule has 12 heteroatoms. The van der Waals surface area contributed by atoms with E-state index in [0.717, 1.165) is 6.07 Å². The predicted octanol–water partition coefficient (Wildman–Crippen LogP) is 5.43. The smallest absolute Gasteiger partial charge is 0.358 e. The van der Waals surface area contributed by atoms with Gasteiger partial charge in [-0.25, -0.2) is 13.2 Å². The summed E-state index contributed by atoms with van der Waals surface area (Å²) >= 11 is 0.254. The van der Waals surface area contributed by atoms with Crippen molar-refractivity contribution in [1.82, 2.24) is 4.90 Å². The van der Waals surface area contributed by atoms with Crippen molar-refractivity contribution in [2.75, 3.05) is 7.11 Å². The highest BCUT2D eigenvalue weighted by molar-refractivity contribution is 8.02. The molecule has 0 aromatic carbocycles. The number of allylic oxidation sites excluding steroid dienone is 2. The minimum absolute atomic E-state index is 0.0234. The number of thioether (sulfide) groups is 1. The molecule has 1 amide bonds. The van der Waals surface area contributed by atoms with Crippen LogP contribution in [0.3, 0.4) is 0 Å². The van der Waals surface area contributed by atoms with E-state index in [0.29, 0.717) is 22.5 Å². The second kappa shape index (κ2) is 8.65. The molecule has 168 valence electrons. The first-order valence-electron chi connectivity index (χ1n) is 8.80. The molecule has 0 saturated carbocycles. The quantitative estimate of drug-likeness (QED) is 0.416. The van der Waals surface area contributed by atoms with Gasteiger partial charge in [0.25, 0.3) is 5.91 Å². The largest absolute Gasteiger partial charge is 0.494 e. The lowest BCUT2D eigenvalue weighted by Gasteiger charge is -2.28. The van der Waals surface area contributed by atoms with Gasteiger partial charge in [-0.2, -0.15) is 8.78 Å². The van der Waals surface area contributed by atoms with Crippen LogP contribution in [0.1, 0.15) is 29.4 Å². The number of hydrogen-bond acceptors (Lipinski definition) is 5. The molecule has 2 aliphatic rings. The van der Waals surface area contributed by atoms with Crippen LogP contribution >= 0.6 is 23.1 Å². The van der Waals surface area contributed by atoms with E-state index in [2.05, 4.69) is 0 Å². The average Bonchev–Trinajstić information content (AvgIpc) is 3.23. The Morgan fingerprint density at radius 1 is 1.39 bits per heavy atom. The van der Waals surface area contributed by atoms with E-state index < -0.39 is 41.8 Å². The summed E-state index contributed by atoms with van der Waals surface area (Å²) in [6.07, 6.45) is -3.20. The minimum Gasteiger partial charge on any atom is -0.494 e. The van der Waals surface area contributed by atoms with Crippen molar-refractivity contribution < 1.29 is 41.4 Å². The standard InChI is InChI=1S/C19H16F5NO4S2/c1-8-9(6-15(26)27)10-5-13(29-2)11(20)7-12(10)25(8)17(28)14-3-4-16(30-14)31-19(23,24)18(21)22/h3-5,12,18H,6-7H2,1-2H3,(H,26,27). The molecular formula is C19H16F5NO4S2. The average molecular weight is 481 g/mol. The van der Waals surface area contributed by atoms with Gasteiger partial charge in [0.2, 0.25) is 0 Å². The van der Waals surface area contributed by atoms with Crippen LogP contribution in [0.2, 0.25) is 0 Å². The summed E-state index contributed by atoms with van der Waals surface area (Å²) in [6, 6.07) is 1.52. The molecule has 0 fully saturated rings. The summed E-state index contributed by atoms with van der Waals surface area (Å²) in [4.78, 5) is 25.6. The molecule has 1 unspecified atom stereocenters. The first-order valence-corrected chi connectivity index (χ1v) is 10.4. The molecule has 1 aromatic heterocycles. The summed E-state index contributed by atoms with van der Waals surface area (Å²) in [7, 11) is 1.26. The molecule has 0 bridgehead atoms. The second-order valence-corrected chi connectivity index (χ2v) is 9.22. The second-order valence-electron chi connectivity index (χ2n) is 6.69. The van der Waals surface area contributed by atoms with Crippen LogP contribution in [-0.4, -0.2) is 46.7 Å². The fourth-order valence-electron chi connectivity index (χ4n) is 3.43. The molecule has 1 aliphatic carbocycles. The van der Waals surface area contributed by atoms with Gasteiger partial charge in [0.05, 0.1) is 28.7 Å². The Morgan fingerprint density at radius 2 is 2.06 bits per heavy atom. The number of thiophene rings is 1. The predicted molar refractivity (Wildman–Crippen MR) is 104 cm³/mol. The monoisotopic (exact) mass is 481 g/mol. The maximum Gasteiger partial charge on any atom is 0.358 e. The van der Waals surface area contributed by atoms with Crippen LogP contribution in [-0.2, 0) is 9.53 Å². The van der Waals surface area contributed by atoms with Crippen molar-refractivity contribution in [1.29, 1.82) is 0 Å². The number of rotatable bonds is 7. The van der Waals surface area contributed by atoms with Crippen LogP contribution in [0.4, 0.5) is 22.0 Å². The van der Waals surface area contributed by atoms with Crippen LogP contribution in [0.5, 0.6) is 0 Å². The first-order chi connectivity index (χ1) is 14.5. The van der Waals surface area contributed by atoms with Gasteiger partial charge in [-0.3, -0.25) is 9.59 Å². The van der Waals surface area contributed by atoms with E-state index >= 15 is 0 Å². The molecular weight excluding hydrogens is 465 g/mol. The van der Waals surface area contributed by atoms with Crippen LogP contribution in [0.15, 0.2) is 50.8 Å². The van der Waals surface area contributed by atoms with Crippen molar-refractivity contribution in [3.63, 3.8) is 0 Å². The molecule has 1 aromatic rings. The lowest BCUT2D eigenvalue weighted by Crippen LogP contribution is -2.36. The molecule has 5 nitrogen and oxygen atoms in total. The topological polar surface area (TPSA) is 66.8 Å². The number of alkyl halides is 4. The van der Waals surface area contributed by atoms with Crippen LogP contribution < -0.4 is 0 Å². The Bertz CT molecular complexity index is 1010. The van der Waals surface area contributed by atoms with Gasteiger partial charge in [-0.05, 0) is 48.0 Å². The highest BCUT2D eigenvalue weighted by Gasteiger charge is 2.44. The van der Waals surface area contributed by atoms with Crippen LogP contribution in [0.25, 0.3) is 0 Å². The van der Waals surface area contributed by atoms with Crippen LogP contribution in [0, 0.1) is 0 Å². The highest BCUT2D eigenvalue weighted by atomic mass is 32.2. The SMILES string of the molecule is COC1=C(F)CC2C(=C1)C(CC(=O)O)=C(C)N2C(=O)c1ccc(SC(F)(F)C(F)F)s1. The lowest BCUT2D eigenvalue weighted by molar-refractivity contribution is -0.136. The van der Waals surface area contributed by atoms with Gasteiger partial charge in [0, 0.05) is 12.1 Å². The number of carboxylic acid groups (broad SMARTS) is 1. The van der Waals surface area contributed by atoms with E-state index in [4.69, 9.17) is 4.74 Å². The Hall–Kier alpha value is -2.34. The number of carbonyl (C=O) groups is 2. The van der Waals surface area contributed by atoms with Gasteiger partial charge in [0.15, 0.2) is 5.76 Å². The van der Waals surface area contributed by atoms with Crippen molar-refractivity contribution in [3.8, 4) is 0 Å². The highest BCUT2D eigenvalue weighted by Crippen LogP contribution is 2.46. The third-order valence-corrected chi connectivity index (χ3v) is 6.95. The number of aliphatic carboxylic acids is 1. The van der Waals surface area contributed by atoms with Crippen molar-refractivity contribution >= 4 is 35.0 Å². The number of halogens is 5. The lowest BCUT2D eigenvalue weighted by atomic mass is 9.92. The molecule has 0 saturated heterocycles. The van der Waals surface area contributed by atoms with Gasteiger partial charge in [-0.1, -0.05) is 0 Å². The molecule has 1 N–H and O–H groups in total. The summed E-state index contributed by atoms with van der Waals surface area (Å²) < 4.78 is 70.7. The van der Waals surface area contributed by atoms with Gasteiger partial charge in [0.1, 0.15) is 5.83 Å². The fraction of sp³-hybridized carbons (Fsp3) is 0.368. The normalized spacial score (nSPS) is 19.2. The van der Waals surface area contributed by atoms with Gasteiger partial charge < -0.3 is 14.7 Å². The van der Waals surface area contributed by atoms with Crippen molar-refractivity contribution in [2.24, 2.45) is 0 Å². The van der Waals surface area contributed by atoms with E-state index in [9.17, 15) is 36.6 Å². The molecule has 2 heterocycles. The fourth-order valence-corrected chi connectivity index (χ4v) is 5.37. The molecule has 1 atom stereocenters. The summed E-state index contributed by atoms with van der Waals surface area (Å²) in [5.41, 5.74) is 1.03. The van der Waals surface area contributed by atoms with Crippen molar-refractivity contribution in [3.05, 3.63) is 51.5 Å². The number of hydrogen-bond donors (Lipinski definition) is 1. The first kappa shape index (κ1) is 23.3. The molecule has 3 rings (SSSR count). The summed E-state index contributed by atoms with van der Waals surface area (Å²) in [5, 5.41) is 4.93. The maximum atomic E-state index is 14.4. The van der Waals surface area contributed by atoms with E-state index in [1.54, 1.807) is 0 Å². The number of ether oxygens (including phenoxy) is 1. The Labute approximate surface area is 181 Å². The van der Waals surface area contributed by atoms with E-state index in [1.807, 2.05) is 0 Å². The van der Waals surface area contributed by atoms with E-state index in [-0.39, 0.29) is 38.7 Å².